The zero-order valence-corrected chi connectivity index (χ0v) is 16.1. The lowest BCUT2D eigenvalue weighted by atomic mass is 9.99. The summed E-state index contributed by atoms with van der Waals surface area (Å²) < 4.78 is 34.1. The second-order valence-corrected chi connectivity index (χ2v) is 6.86. The van der Waals surface area contributed by atoms with Crippen molar-refractivity contribution in [2.45, 2.75) is 37.5 Å². The van der Waals surface area contributed by atoms with E-state index in [1.165, 1.54) is 7.11 Å². The molecule has 2 heterocycles. The molecule has 2 fully saturated rings. The fourth-order valence-corrected chi connectivity index (χ4v) is 3.44. The van der Waals surface area contributed by atoms with Gasteiger partial charge in [-0.05, 0) is 5.56 Å². The van der Waals surface area contributed by atoms with Crippen molar-refractivity contribution in [3.8, 4) is 0 Å². The summed E-state index contributed by atoms with van der Waals surface area (Å²) in [7, 11) is 1.42. The molecule has 0 spiro atoms. The van der Waals surface area contributed by atoms with E-state index in [2.05, 4.69) is 0 Å². The second-order valence-electron chi connectivity index (χ2n) is 6.86. The van der Waals surface area contributed by atoms with Gasteiger partial charge in [0, 0.05) is 12.7 Å². The van der Waals surface area contributed by atoms with E-state index in [4.69, 9.17) is 28.4 Å². The van der Waals surface area contributed by atoms with Crippen molar-refractivity contribution in [2.24, 2.45) is 0 Å². The highest BCUT2D eigenvalue weighted by Gasteiger charge is 2.50. The van der Waals surface area contributed by atoms with Crippen LogP contribution in [0.2, 0.25) is 0 Å². The number of benzene rings is 2. The molecule has 2 saturated heterocycles. The van der Waals surface area contributed by atoms with Gasteiger partial charge >= 0.3 is 0 Å². The Kier molecular flexibility index (Phi) is 6.66. The SMILES string of the molecule is CO[C@H]1O[C@@H]2CO[C@H](c3ccccc3)O[C@@H]2[C@@H](OCOCc2ccccc2)C1=O. The third kappa shape index (κ3) is 4.72. The normalized spacial score (nSPS) is 29.4. The van der Waals surface area contributed by atoms with Crippen LogP contribution in [0.15, 0.2) is 60.7 Å². The Bertz CT molecular complexity index is 782. The molecule has 7 nitrogen and oxygen atoms in total. The van der Waals surface area contributed by atoms with E-state index in [1.807, 2.05) is 60.7 Å². The Morgan fingerprint density at radius 2 is 1.72 bits per heavy atom. The minimum atomic E-state index is -1.02. The molecule has 0 aliphatic carbocycles. The van der Waals surface area contributed by atoms with E-state index in [0.717, 1.165) is 11.1 Å². The zero-order chi connectivity index (χ0) is 20.1. The third-order valence-corrected chi connectivity index (χ3v) is 4.90. The van der Waals surface area contributed by atoms with Gasteiger partial charge in [-0.3, -0.25) is 4.79 Å². The first-order chi connectivity index (χ1) is 14.3. The summed E-state index contributed by atoms with van der Waals surface area (Å²) in [6.45, 7) is 0.601. The predicted molar refractivity (Wildman–Crippen MR) is 102 cm³/mol. The number of methoxy groups -OCH3 is 1. The number of rotatable bonds is 7. The van der Waals surface area contributed by atoms with E-state index < -0.39 is 30.9 Å². The van der Waals surface area contributed by atoms with Gasteiger partial charge in [0.05, 0.1) is 13.2 Å². The van der Waals surface area contributed by atoms with Crippen LogP contribution in [-0.2, 0) is 39.8 Å². The highest BCUT2D eigenvalue weighted by atomic mass is 16.8. The lowest BCUT2D eigenvalue weighted by molar-refractivity contribution is -0.325. The Labute approximate surface area is 169 Å². The number of Topliss-reactive ketones (excluding diaryl/α,β-unsaturated/α-hetero) is 1. The number of hydrogen-bond acceptors (Lipinski definition) is 7. The molecule has 4 rings (SSSR count). The Balaban J connectivity index is 1.41. The molecule has 154 valence electrons. The molecule has 5 atom stereocenters. The summed E-state index contributed by atoms with van der Waals surface area (Å²) in [5.41, 5.74) is 1.89. The van der Waals surface area contributed by atoms with Crippen LogP contribution < -0.4 is 0 Å². The van der Waals surface area contributed by atoms with Crippen molar-refractivity contribution < 1.29 is 33.2 Å². The monoisotopic (exact) mass is 400 g/mol. The fraction of sp³-hybridized carbons (Fsp3) is 0.409. The van der Waals surface area contributed by atoms with Gasteiger partial charge in [-0.15, -0.1) is 0 Å². The van der Waals surface area contributed by atoms with E-state index >= 15 is 0 Å². The lowest BCUT2D eigenvalue weighted by Crippen LogP contribution is -2.61. The number of carbonyl (C=O) groups excluding carboxylic acids is 1. The zero-order valence-electron chi connectivity index (χ0n) is 16.1. The summed E-state index contributed by atoms with van der Waals surface area (Å²) in [5.74, 6) is -0.328. The van der Waals surface area contributed by atoms with Gasteiger partial charge < -0.3 is 28.4 Å². The van der Waals surface area contributed by atoms with Crippen molar-refractivity contribution in [3.05, 3.63) is 71.8 Å². The molecule has 0 radical (unpaired) electrons. The number of ether oxygens (including phenoxy) is 6. The first-order valence-corrected chi connectivity index (χ1v) is 9.53. The maximum absolute atomic E-state index is 12.8. The van der Waals surface area contributed by atoms with E-state index in [0.29, 0.717) is 6.61 Å². The fourth-order valence-electron chi connectivity index (χ4n) is 3.44. The molecule has 2 aromatic rings. The van der Waals surface area contributed by atoms with Crippen LogP contribution in [0.1, 0.15) is 17.4 Å². The Morgan fingerprint density at radius 3 is 2.45 bits per heavy atom. The molecular weight excluding hydrogens is 376 g/mol. The Morgan fingerprint density at radius 1 is 1.00 bits per heavy atom. The third-order valence-electron chi connectivity index (χ3n) is 4.90. The largest absolute Gasteiger partial charge is 0.351 e. The number of ketones is 1. The van der Waals surface area contributed by atoms with E-state index in [9.17, 15) is 4.79 Å². The molecule has 2 aliphatic rings. The average molecular weight is 400 g/mol. The minimum absolute atomic E-state index is 0.0504. The van der Waals surface area contributed by atoms with Crippen LogP contribution in [0.4, 0.5) is 0 Å². The Hall–Kier alpha value is -2.13. The first kappa shape index (κ1) is 20.2. The quantitative estimate of drug-likeness (QED) is 0.523. The van der Waals surface area contributed by atoms with Crippen LogP contribution in [0.25, 0.3) is 0 Å². The summed E-state index contributed by atoms with van der Waals surface area (Å²) in [6, 6.07) is 19.3. The molecule has 2 aliphatic heterocycles. The molecule has 0 N–H and O–H groups in total. The van der Waals surface area contributed by atoms with Gasteiger partial charge in [0.1, 0.15) is 19.0 Å². The molecule has 2 aromatic carbocycles. The molecule has 0 saturated carbocycles. The highest BCUT2D eigenvalue weighted by Crippen LogP contribution is 2.34. The first-order valence-electron chi connectivity index (χ1n) is 9.53. The molecule has 0 amide bonds. The topological polar surface area (TPSA) is 72.5 Å². The minimum Gasteiger partial charge on any atom is -0.351 e. The van der Waals surface area contributed by atoms with Crippen molar-refractivity contribution in [1.29, 1.82) is 0 Å². The average Bonchev–Trinajstić information content (AvgIpc) is 2.78. The lowest BCUT2D eigenvalue weighted by Gasteiger charge is -2.44. The van der Waals surface area contributed by atoms with Crippen LogP contribution in [-0.4, -0.2) is 50.9 Å². The van der Waals surface area contributed by atoms with Crippen LogP contribution >= 0.6 is 0 Å². The van der Waals surface area contributed by atoms with Crippen molar-refractivity contribution in [3.63, 3.8) is 0 Å². The van der Waals surface area contributed by atoms with Crippen molar-refractivity contribution in [2.75, 3.05) is 20.5 Å². The molecule has 0 unspecified atom stereocenters. The van der Waals surface area contributed by atoms with E-state index in [1.54, 1.807) is 0 Å². The van der Waals surface area contributed by atoms with Gasteiger partial charge in [-0.2, -0.15) is 0 Å². The smallest absolute Gasteiger partial charge is 0.220 e. The standard InChI is InChI=1S/C22H24O7/c1-24-22-18(23)20(27-14-25-12-15-8-4-2-5-9-15)19-17(28-22)13-26-21(29-19)16-10-6-3-7-11-16/h2-11,17,19-22H,12-14H2,1H3/t17-,19+,20+,21+,22+/m1/s1. The van der Waals surface area contributed by atoms with Crippen LogP contribution in [0, 0.1) is 0 Å². The van der Waals surface area contributed by atoms with Gasteiger partial charge in [0.2, 0.25) is 12.1 Å². The number of carbonyl (C=O) groups is 1. The maximum Gasteiger partial charge on any atom is 0.220 e. The predicted octanol–water partition coefficient (Wildman–Crippen LogP) is 2.60. The van der Waals surface area contributed by atoms with Gasteiger partial charge in [0.15, 0.2) is 12.4 Å². The number of hydrogen-bond donors (Lipinski definition) is 0. The summed E-state index contributed by atoms with van der Waals surface area (Å²) >= 11 is 0. The molecule has 7 heteroatoms. The molecule has 29 heavy (non-hydrogen) atoms. The number of fused-ring (bicyclic) bond motifs is 1. The highest BCUT2D eigenvalue weighted by molar-refractivity contribution is 5.87. The van der Waals surface area contributed by atoms with Crippen molar-refractivity contribution in [1.82, 2.24) is 0 Å². The second kappa shape index (κ2) is 9.58. The van der Waals surface area contributed by atoms with E-state index in [-0.39, 0.29) is 19.2 Å². The van der Waals surface area contributed by atoms with Gasteiger partial charge in [0.25, 0.3) is 0 Å². The maximum atomic E-state index is 12.8. The molecular formula is C22H24O7. The van der Waals surface area contributed by atoms with Crippen LogP contribution in [0.3, 0.4) is 0 Å². The van der Waals surface area contributed by atoms with Gasteiger partial charge in [-0.1, -0.05) is 60.7 Å². The summed E-state index contributed by atoms with van der Waals surface area (Å²) in [6.07, 6.45) is -3.57. The summed E-state index contributed by atoms with van der Waals surface area (Å²) in [5, 5.41) is 0. The summed E-state index contributed by atoms with van der Waals surface area (Å²) in [4.78, 5) is 12.8. The van der Waals surface area contributed by atoms with Crippen LogP contribution in [0.5, 0.6) is 0 Å². The molecule has 0 aromatic heterocycles. The molecule has 0 bridgehead atoms. The van der Waals surface area contributed by atoms with Gasteiger partial charge in [-0.25, -0.2) is 0 Å². The van der Waals surface area contributed by atoms with Crippen molar-refractivity contribution >= 4 is 5.78 Å².